The van der Waals surface area contributed by atoms with Gasteiger partial charge in [-0.15, -0.1) is 0 Å². The van der Waals surface area contributed by atoms with Crippen LogP contribution in [0.5, 0.6) is 23.3 Å². The lowest BCUT2D eigenvalue weighted by molar-refractivity contribution is -0.152. The molecule has 0 radical (unpaired) electrons. The second-order valence-electron chi connectivity index (χ2n) is 16.5. The van der Waals surface area contributed by atoms with Gasteiger partial charge in [-0.05, 0) is 99.5 Å². The lowest BCUT2D eigenvalue weighted by atomic mass is 9.95. The number of H-pyrrole nitrogens is 2. The van der Waals surface area contributed by atoms with Crippen molar-refractivity contribution in [1.82, 2.24) is 40.3 Å². The van der Waals surface area contributed by atoms with Crippen LogP contribution in [0.15, 0.2) is 134 Å². The molecule has 0 saturated heterocycles. The maximum Gasteiger partial charge on any atom is 0.314 e. The van der Waals surface area contributed by atoms with E-state index < -0.39 is 16.8 Å². The van der Waals surface area contributed by atoms with E-state index in [1.807, 2.05) is 109 Å². The number of rotatable bonds is 16. The molecular formula is C51H50N8O8. The van der Waals surface area contributed by atoms with E-state index in [2.05, 4.69) is 40.3 Å². The van der Waals surface area contributed by atoms with Crippen LogP contribution in [-0.4, -0.2) is 91.9 Å². The number of aliphatic carboxylic acids is 1. The van der Waals surface area contributed by atoms with Gasteiger partial charge in [0.25, 0.3) is 0 Å². The van der Waals surface area contributed by atoms with Crippen molar-refractivity contribution in [2.45, 2.75) is 27.7 Å². The summed E-state index contributed by atoms with van der Waals surface area (Å²) in [5, 5.41) is 23.8. The topological polar surface area (TPSA) is 209 Å². The van der Waals surface area contributed by atoms with Gasteiger partial charge in [0.15, 0.2) is 23.3 Å². The number of aromatic nitrogens is 8. The van der Waals surface area contributed by atoms with Gasteiger partial charge in [-0.1, -0.05) is 48.5 Å². The average Bonchev–Trinajstić information content (AvgIpc) is 4.08. The number of esters is 1. The van der Waals surface area contributed by atoms with Crippen molar-refractivity contribution in [3.63, 3.8) is 0 Å². The zero-order valence-electron chi connectivity index (χ0n) is 38.1. The largest absolute Gasteiger partial charge is 0.497 e. The minimum atomic E-state index is -0.982. The predicted octanol–water partition coefficient (Wildman–Crippen LogP) is 9.49. The molecule has 0 bridgehead atoms. The summed E-state index contributed by atoms with van der Waals surface area (Å²) in [6, 6.07) is 38.4. The number of nitrogens with one attached hydrogen (secondary N) is 2. The molecule has 67 heavy (non-hydrogen) atoms. The van der Waals surface area contributed by atoms with Gasteiger partial charge in [0.05, 0.1) is 32.2 Å². The maximum absolute atomic E-state index is 11.8. The van der Waals surface area contributed by atoms with Crippen LogP contribution in [0.3, 0.4) is 0 Å². The van der Waals surface area contributed by atoms with Crippen molar-refractivity contribution < 1.29 is 38.4 Å². The van der Waals surface area contributed by atoms with Crippen molar-refractivity contribution in [1.29, 1.82) is 0 Å². The SMILES string of the molecule is COC(=O)C(C)(C)COc1ccc(-c2ccc(-c3nc(-c4ccc(OC)cc4)n[nH]3)cc2)cn1.COc1ccc(-c2n[nH]c(-c3ccc(-c4ccc(OCC(C)(C)C(=O)O)nc4)cc3)n2)cc1. The molecule has 0 spiro atoms. The molecule has 0 atom stereocenters. The van der Waals surface area contributed by atoms with Gasteiger partial charge in [0, 0.05) is 57.9 Å². The first-order chi connectivity index (χ1) is 32.2. The Labute approximate surface area is 387 Å². The van der Waals surface area contributed by atoms with Crippen molar-refractivity contribution in [2.24, 2.45) is 10.8 Å². The van der Waals surface area contributed by atoms with Crippen LogP contribution >= 0.6 is 0 Å². The van der Waals surface area contributed by atoms with Crippen molar-refractivity contribution in [3.05, 3.63) is 134 Å². The molecule has 16 heteroatoms. The Morgan fingerprint density at radius 1 is 0.493 bits per heavy atom. The molecule has 0 fully saturated rings. The third kappa shape index (κ3) is 11.7. The first-order valence-corrected chi connectivity index (χ1v) is 21.1. The summed E-state index contributed by atoms with van der Waals surface area (Å²) < 4.78 is 26.4. The monoisotopic (exact) mass is 902 g/mol. The fourth-order valence-corrected chi connectivity index (χ4v) is 6.34. The number of carboxylic acids is 1. The van der Waals surface area contributed by atoms with Gasteiger partial charge in [-0.2, -0.15) is 10.2 Å². The summed E-state index contributed by atoms with van der Waals surface area (Å²) in [7, 11) is 4.63. The lowest BCUT2D eigenvalue weighted by Crippen LogP contribution is -2.32. The highest BCUT2D eigenvalue weighted by Crippen LogP contribution is 2.29. The fourth-order valence-electron chi connectivity index (χ4n) is 6.34. The molecule has 4 aromatic heterocycles. The summed E-state index contributed by atoms with van der Waals surface area (Å²) in [6.45, 7) is 6.97. The quantitative estimate of drug-likeness (QED) is 0.0772. The summed E-state index contributed by atoms with van der Waals surface area (Å²) in [6.07, 6.45) is 3.44. The van der Waals surface area contributed by atoms with Crippen LogP contribution < -0.4 is 18.9 Å². The number of hydrogen-bond acceptors (Lipinski definition) is 13. The van der Waals surface area contributed by atoms with E-state index in [4.69, 9.17) is 23.7 Å². The molecule has 4 aromatic carbocycles. The molecule has 0 amide bonds. The standard InChI is InChI=1S/C26H26N4O4.C25H24N4O4/c1-26(2,25(31)33-4)16-34-22-14-11-20(15-27-22)17-5-7-18(8-6-17)23-28-24(30-29-23)19-9-12-21(32-3)13-10-19;1-25(2,24(30)31)15-33-21-13-10-19(14-26-21)16-4-6-17(7-5-16)22-27-23(29-28-22)18-8-11-20(32-3)12-9-18/h5-15H,16H2,1-4H3,(H,28,29,30);4-14H,15H2,1-3H3,(H,30,31)(H,27,28,29). The van der Waals surface area contributed by atoms with Gasteiger partial charge in [-0.3, -0.25) is 19.8 Å². The molecule has 0 saturated carbocycles. The molecular weight excluding hydrogens is 853 g/mol. The Bertz CT molecular complexity index is 2880. The van der Waals surface area contributed by atoms with Crippen molar-refractivity contribution >= 4 is 11.9 Å². The van der Waals surface area contributed by atoms with Crippen LogP contribution in [0, 0.1) is 10.8 Å². The molecule has 8 rings (SSSR count). The van der Waals surface area contributed by atoms with Crippen LogP contribution in [0.2, 0.25) is 0 Å². The summed E-state index contributed by atoms with van der Waals surface area (Å²) >= 11 is 0. The number of ether oxygens (including phenoxy) is 5. The van der Waals surface area contributed by atoms with E-state index in [-0.39, 0.29) is 19.2 Å². The van der Waals surface area contributed by atoms with E-state index >= 15 is 0 Å². The first-order valence-electron chi connectivity index (χ1n) is 21.1. The Balaban J connectivity index is 0.000000199. The van der Waals surface area contributed by atoms with Crippen LogP contribution in [0.1, 0.15) is 27.7 Å². The Morgan fingerprint density at radius 3 is 1.19 bits per heavy atom. The van der Waals surface area contributed by atoms with Gasteiger partial charge in [0.1, 0.15) is 24.7 Å². The molecule has 3 N–H and O–H groups in total. The first kappa shape index (κ1) is 46.6. The third-order valence-corrected chi connectivity index (χ3v) is 10.6. The zero-order chi connectivity index (χ0) is 47.6. The normalized spacial score (nSPS) is 11.2. The Hall–Kier alpha value is -8.40. The number of methoxy groups -OCH3 is 3. The molecule has 8 aromatic rings. The van der Waals surface area contributed by atoms with Gasteiger partial charge >= 0.3 is 11.9 Å². The lowest BCUT2D eigenvalue weighted by Gasteiger charge is -2.21. The zero-order valence-corrected chi connectivity index (χ0v) is 38.1. The molecule has 0 aliphatic heterocycles. The molecule has 16 nitrogen and oxygen atoms in total. The molecule has 0 unspecified atom stereocenters. The number of carbonyl (C=O) groups excluding carboxylic acids is 1. The highest BCUT2D eigenvalue weighted by atomic mass is 16.5. The average molecular weight is 903 g/mol. The van der Waals surface area contributed by atoms with E-state index in [1.54, 1.807) is 66.4 Å². The number of nitrogens with zero attached hydrogens (tertiary/aromatic N) is 6. The van der Waals surface area contributed by atoms with Crippen LogP contribution in [-0.2, 0) is 14.3 Å². The predicted molar refractivity (Wildman–Crippen MR) is 252 cm³/mol. The summed E-state index contributed by atoms with van der Waals surface area (Å²) in [5.41, 5.74) is 5.77. The highest BCUT2D eigenvalue weighted by molar-refractivity contribution is 5.76. The number of aromatic amines is 2. The number of carbonyl (C=O) groups is 2. The molecule has 342 valence electrons. The second-order valence-corrected chi connectivity index (χ2v) is 16.5. The van der Waals surface area contributed by atoms with Gasteiger partial charge in [-0.25, -0.2) is 19.9 Å². The molecule has 0 aliphatic carbocycles. The van der Waals surface area contributed by atoms with Crippen molar-refractivity contribution in [3.8, 4) is 91.1 Å². The van der Waals surface area contributed by atoms with E-state index in [0.717, 1.165) is 56.0 Å². The number of hydrogen-bond donors (Lipinski definition) is 3. The van der Waals surface area contributed by atoms with Crippen molar-refractivity contribution in [2.75, 3.05) is 34.5 Å². The smallest absolute Gasteiger partial charge is 0.314 e. The van der Waals surface area contributed by atoms with Gasteiger partial charge in [0.2, 0.25) is 11.8 Å². The number of benzene rings is 4. The van der Waals surface area contributed by atoms with E-state index in [9.17, 15) is 14.7 Å². The summed E-state index contributed by atoms with van der Waals surface area (Å²) in [5.74, 6) is 3.76. The third-order valence-electron chi connectivity index (χ3n) is 10.6. The minimum Gasteiger partial charge on any atom is -0.497 e. The second kappa shape index (κ2) is 20.6. The molecule has 4 heterocycles. The minimum absolute atomic E-state index is 0.0407. The van der Waals surface area contributed by atoms with E-state index in [0.29, 0.717) is 35.1 Å². The molecule has 0 aliphatic rings. The van der Waals surface area contributed by atoms with Crippen LogP contribution in [0.25, 0.3) is 67.8 Å². The summed E-state index contributed by atoms with van der Waals surface area (Å²) in [4.78, 5) is 40.8. The fraction of sp³-hybridized carbons (Fsp3) is 0.216. The maximum atomic E-state index is 11.8. The number of carboxylic acid groups (broad SMARTS) is 1. The van der Waals surface area contributed by atoms with Gasteiger partial charge < -0.3 is 28.8 Å². The highest BCUT2D eigenvalue weighted by Gasteiger charge is 2.30. The van der Waals surface area contributed by atoms with Crippen LogP contribution in [0.4, 0.5) is 0 Å². The Morgan fingerprint density at radius 2 is 0.851 bits per heavy atom. The number of pyridine rings is 2. The Kier molecular flexibility index (Phi) is 14.3. The van der Waals surface area contributed by atoms with E-state index in [1.165, 1.54) is 7.11 Å².